The second kappa shape index (κ2) is 7.38. The third kappa shape index (κ3) is 4.04. The Morgan fingerprint density at radius 3 is 2.76 bits per heavy atom. The Labute approximate surface area is 169 Å². The van der Waals surface area contributed by atoms with E-state index < -0.39 is 6.36 Å². The molecule has 1 aliphatic heterocycles. The lowest BCUT2D eigenvalue weighted by atomic mass is 9.57. The Bertz CT molecular complexity index is 781. The van der Waals surface area contributed by atoms with Gasteiger partial charge in [-0.05, 0) is 31.4 Å². The van der Waals surface area contributed by atoms with Crippen molar-refractivity contribution in [3.8, 4) is 5.75 Å². The molecule has 0 amide bonds. The van der Waals surface area contributed by atoms with E-state index in [2.05, 4.69) is 34.2 Å². The highest BCUT2D eigenvalue weighted by molar-refractivity contribution is 5.81. The molecule has 1 aromatic carbocycles. The minimum Gasteiger partial charge on any atom is -0.405 e. The predicted molar refractivity (Wildman–Crippen MR) is 104 cm³/mol. The van der Waals surface area contributed by atoms with Crippen molar-refractivity contribution in [2.45, 2.75) is 64.1 Å². The first kappa shape index (κ1) is 20.3. The van der Waals surface area contributed by atoms with Crippen LogP contribution in [0.1, 0.15) is 45.1 Å². The van der Waals surface area contributed by atoms with Crippen LogP contribution in [0, 0.1) is 11.3 Å². The number of nitrogens with one attached hydrogen (secondary N) is 2. The molecule has 29 heavy (non-hydrogen) atoms. The first-order chi connectivity index (χ1) is 13.7. The second-order valence-corrected chi connectivity index (χ2v) is 8.69. The number of rotatable bonds is 5. The average molecular weight is 411 g/mol. The first-order valence-electron chi connectivity index (χ1n) is 10.2. The van der Waals surface area contributed by atoms with Crippen LogP contribution in [0.2, 0.25) is 0 Å². The van der Waals surface area contributed by atoms with Crippen molar-refractivity contribution in [1.82, 2.24) is 10.6 Å². The molecule has 0 spiro atoms. The van der Waals surface area contributed by atoms with Gasteiger partial charge in [0.2, 0.25) is 0 Å². The van der Waals surface area contributed by atoms with E-state index in [1.165, 1.54) is 6.07 Å². The SMILES string of the molecule is CCN=C(NC1CC1c1ccccc1OC(F)(F)F)NC1C2CCOC2C1(C)C. The quantitative estimate of drug-likeness (QED) is 0.572. The van der Waals surface area contributed by atoms with Crippen LogP contribution in [0.4, 0.5) is 13.2 Å². The van der Waals surface area contributed by atoms with Gasteiger partial charge in [0.25, 0.3) is 0 Å². The summed E-state index contributed by atoms with van der Waals surface area (Å²) < 4.78 is 48.2. The number of fused-ring (bicyclic) bond motifs is 1. The number of hydrogen-bond donors (Lipinski definition) is 2. The van der Waals surface area contributed by atoms with Gasteiger partial charge < -0.3 is 20.1 Å². The highest BCUT2D eigenvalue weighted by atomic mass is 19.4. The van der Waals surface area contributed by atoms with Gasteiger partial charge in [0.1, 0.15) is 5.75 Å². The lowest BCUT2D eigenvalue weighted by Gasteiger charge is -2.55. The number of hydrogen-bond acceptors (Lipinski definition) is 3. The number of ether oxygens (including phenoxy) is 2. The summed E-state index contributed by atoms with van der Waals surface area (Å²) in [6.45, 7) is 7.79. The predicted octanol–water partition coefficient (Wildman–Crippen LogP) is 3.81. The molecule has 0 radical (unpaired) electrons. The molecule has 3 fully saturated rings. The average Bonchev–Trinajstić information content (AvgIpc) is 3.23. The third-order valence-electron chi connectivity index (χ3n) is 6.37. The van der Waals surface area contributed by atoms with Crippen LogP contribution >= 0.6 is 0 Å². The Hall–Kier alpha value is -1.96. The zero-order valence-corrected chi connectivity index (χ0v) is 16.9. The molecule has 1 aromatic rings. The van der Waals surface area contributed by atoms with E-state index in [0.29, 0.717) is 18.0 Å². The van der Waals surface area contributed by atoms with Gasteiger partial charge in [-0.25, -0.2) is 0 Å². The molecule has 1 heterocycles. The van der Waals surface area contributed by atoms with Gasteiger partial charge >= 0.3 is 6.36 Å². The van der Waals surface area contributed by atoms with Gasteiger partial charge in [-0.1, -0.05) is 32.0 Å². The van der Waals surface area contributed by atoms with Crippen molar-refractivity contribution in [2.75, 3.05) is 13.2 Å². The number of para-hydroxylation sites is 1. The normalized spacial score (nSPS) is 32.9. The van der Waals surface area contributed by atoms with Crippen LogP contribution in [-0.4, -0.2) is 43.7 Å². The van der Waals surface area contributed by atoms with Gasteiger partial charge in [-0.3, -0.25) is 4.99 Å². The van der Waals surface area contributed by atoms with E-state index in [-0.39, 0.29) is 35.3 Å². The van der Waals surface area contributed by atoms with E-state index in [1.807, 2.05) is 6.92 Å². The third-order valence-corrected chi connectivity index (χ3v) is 6.37. The molecule has 5 unspecified atom stereocenters. The highest BCUT2D eigenvalue weighted by Gasteiger charge is 2.59. The van der Waals surface area contributed by atoms with Gasteiger partial charge in [-0.2, -0.15) is 0 Å². The van der Waals surface area contributed by atoms with Crippen molar-refractivity contribution in [2.24, 2.45) is 16.3 Å². The number of nitrogens with zero attached hydrogens (tertiary/aromatic N) is 1. The molecule has 0 bridgehead atoms. The van der Waals surface area contributed by atoms with Crippen molar-refractivity contribution in [1.29, 1.82) is 0 Å². The van der Waals surface area contributed by atoms with Crippen LogP contribution < -0.4 is 15.4 Å². The zero-order valence-electron chi connectivity index (χ0n) is 16.9. The van der Waals surface area contributed by atoms with E-state index in [1.54, 1.807) is 18.2 Å². The van der Waals surface area contributed by atoms with Crippen LogP contribution in [-0.2, 0) is 4.74 Å². The topological polar surface area (TPSA) is 54.9 Å². The lowest BCUT2D eigenvalue weighted by molar-refractivity contribution is -0.274. The maximum atomic E-state index is 12.7. The van der Waals surface area contributed by atoms with E-state index in [0.717, 1.165) is 25.4 Å². The van der Waals surface area contributed by atoms with Crippen molar-refractivity contribution >= 4 is 5.96 Å². The van der Waals surface area contributed by atoms with Crippen LogP contribution in [0.5, 0.6) is 5.75 Å². The Kier molecular flexibility index (Phi) is 5.17. The maximum Gasteiger partial charge on any atom is 0.573 e. The second-order valence-electron chi connectivity index (χ2n) is 8.69. The molecular formula is C21H28F3N3O2. The van der Waals surface area contributed by atoms with Crippen molar-refractivity contribution < 1.29 is 22.6 Å². The minimum absolute atomic E-state index is 0.0213. The summed E-state index contributed by atoms with van der Waals surface area (Å²) in [6.07, 6.45) is -2.63. The number of alkyl halides is 3. The van der Waals surface area contributed by atoms with Crippen LogP contribution in [0.25, 0.3) is 0 Å². The summed E-state index contributed by atoms with van der Waals surface area (Å²) in [7, 11) is 0. The van der Waals surface area contributed by atoms with E-state index >= 15 is 0 Å². The fourth-order valence-corrected chi connectivity index (χ4v) is 4.93. The summed E-state index contributed by atoms with van der Waals surface area (Å²) in [5.74, 6) is 1.04. The summed E-state index contributed by atoms with van der Waals surface area (Å²) >= 11 is 0. The van der Waals surface area contributed by atoms with Crippen molar-refractivity contribution in [3.05, 3.63) is 29.8 Å². The van der Waals surface area contributed by atoms with E-state index in [4.69, 9.17) is 4.74 Å². The standard InChI is InChI=1S/C21H28F3N3O2/c1-4-25-19(27-17-13-9-10-28-18(13)20(17,2)3)26-15-11-14(15)12-7-5-6-8-16(12)29-21(22,23)24/h5-8,13-15,17-18H,4,9-11H2,1-3H3,(H2,25,26,27). The molecule has 4 rings (SSSR count). The molecular weight excluding hydrogens is 383 g/mol. The number of aliphatic imine (C=N–C) groups is 1. The molecule has 2 saturated carbocycles. The first-order valence-corrected chi connectivity index (χ1v) is 10.2. The molecule has 0 aromatic heterocycles. The summed E-state index contributed by atoms with van der Waals surface area (Å²) in [5, 5.41) is 6.97. The Balaban J connectivity index is 1.41. The summed E-state index contributed by atoms with van der Waals surface area (Å²) in [5.41, 5.74) is 0.597. The highest BCUT2D eigenvalue weighted by Crippen LogP contribution is 2.52. The van der Waals surface area contributed by atoms with Crippen LogP contribution in [0.3, 0.4) is 0 Å². The Morgan fingerprint density at radius 2 is 2.03 bits per heavy atom. The molecule has 3 aliphatic rings. The molecule has 1 saturated heterocycles. The Morgan fingerprint density at radius 1 is 1.28 bits per heavy atom. The fourth-order valence-electron chi connectivity index (χ4n) is 4.93. The molecule has 2 N–H and O–H groups in total. The molecule has 5 atom stereocenters. The largest absolute Gasteiger partial charge is 0.573 e. The monoisotopic (exact) mass is 411 g/mol. The van der Waals surface area contributed by atoms with Crippen LogP contribution in [0.15, 0.2) is 29.3 Å². The summed E-state index contributed by atoms with van der Waals surface area (Å²) in [4.78, 5) is 4.56. The fraction of sp³-hybridized carbons (Fsp3) is 0.667. The number of benzene rings is 1. The minimum atomic E-state index is -4.69. The van der Waals surface area contributed by atoms with Gasteiger partial charge in [0.15, 0.2) is 5.96 Å². The van der Waals surface area contributed by atoms with E-state index in [9.17, 15) is 13.2 Å². The van der Waals surface area contributed by atoms with Gasteiger partial charge in [-0.15, -0.1) is 13.2 Å². The van der Waals surface area contributed by atoms with Crippen molar-refractivity contribution in [3.63, 3.8) is 0 Å². The molecule has 5 nitrogen and oxygen atoms in total. The summed E-state index contributed by atoms with van der Waals surface area (Å²) in [6, 6.07) is 6.67. The molecule has 8 heteroatoms. The molecule has 160 valence electrons. The van der Waals surface area contributed by atoms with Gasteiger partial charge in [0, 0.05) is 42.5 Å². The number of guanidine groups is 1. The molecule has 2 aliphatic carbocycles. The number of halogens is 3. The van der Waals surface area contributed by atoms with Gasteiger partial charge in [0.05, 0.1) is 6.10 Å². The lowest BCUT2D eigenvalue weighted by Crippen LogP contribution is -2.68. The smallest absolute Gasteiger partial charge is 0.405 e. The zero-order chi connectivity index (χ0) is 20.8. The maximum absolute atomic E-state index is 12.7.